The van der Waals surface area contributed by atoms with Gasteiger partial charge < -0.3 is 15.2 Å². The van der Waals surface area contributed by atoms with Gasteiger partial charge in [0.05, 0.1) is 13.5 Å². The third kappa shape index (κ3) is 7.29. The zero-order valence-electron chi connectivity index (χ0n) is 18.8. The van der Waals surface area contributed by atoms with E-state index in [2.05, 4.69) is 12.2 Å². The Balaban J connectivity index is 1.75. The van der Waals surface area contributed by atoms with Gasteiger partial charge in [0.25, 0.3) is 0 Å². The van der Waals surface area contributed by atoms with Crippen molar-refractivity contribution in [3.05, 3.63) is 78.4 Å². The van der Waals surface area contributed by atoms with Crippen LogP contribution in [0.15, 0.2) is 82.6 Å². The topological polar surface area (TPSA) is 78.9 Å². The molecule has 0 saturated heterocycles. The van der Waals surface area contributed by atoms with Crippen molar-refractivity contribution in [2.45, 2.75) is 36.0 Å². The summed E-state index contributed by atoms with van der Waals surface area (Å²) >= 11 is 1.57. The molecule has 172 valence electrons. The number of amides is 2. The van der Waals surface area contributed by atoms with Crippen LogP contribution in [0, 0.1) is 0 Å². The van der Waals surface area contributed by atoms with E-state index < -0.39 is 5.97 Å². The van der Waals surface area contributed by atoms with Gasteiger partial charge in [-0.15, -0.1) is 0 Å². The molecule has 0 spiro atoms. The van der Waals surface area contributed by atoms with Crippen LogP contribution >= 0.6 is 11.8 Å². The van der Waals surface area contributed by atoms with Crippen LogP contribution in [0.3, 0.4) is 0 Å². The molecule has 0 unspecified atom stereocenters. The minimum Gasteiger partial charge on any atom is -0.497 e. The molecule has 0 radical (unpaired) electrons. The number of nitrogens with zero attached hydrogens (tertiary/aromatic N) is 1. The molecule has 3 aromatic carbocycles. The van der Waals surface area contributed by atoms with Crippen molar-refractivity contribution in [2.24, 2.45) is 0 Å². The lowest BCUT2D eigenvalue weighted by Gasteiger charge is -2.24. The van der Waals surface area contributed by atoms with Gasteiger partial charge in [-0.25, -0.2) is 4.79 Å². The SMILES string of the molecule is CCCCN(C(=O)Nc1ccc(OC)cc1)c1cccc(Sc2ccc(CC(=O)O)cc2)c1. The predicted molar refractivity (Wildman–Crippen MR) is 133 cm³/mol. The number of anilines is 2. The number of hydrogen-bond acceptors (Lipinski definition) is 4. The minimum atomic E-state index is -0.844. The van der Waals surface area contributed by atoms with E-state index in [1.54, 1.807) is 23.8 Å². The summed E-state index contributed by atoms with van der Waals surface area (Å²) in [6.07, 6.45) is 1.87. The Kier molecular flexibility index (Phi) is 8.78. The molecule has 2 amide bonds. The van der Waals surface area contributed by atoms with Crippen LogP contribution in [-0.4, -0.2) is 30.8 Å². The molecular weight excluding hydrogens is 436 g/mol. The van der Waals surface area contributed by atoms with Crippen LogP contribution in [0.1, 0.15) is 25.3 Å². The standard InChI is InChI=1S/C26H28N2O4S/c1-3-4-16-28(26(31)27-20-10-12-22(32-2)13-11-20)21-6-5-7-24(18-21)33-23-14-8-19(9-15-23)17-25(29)30/h5-15,18H,3-4,16-17H2,1-2H3,(H,27,31)(H,29,30). The quantitative estimate of drug-likeness (QED) is 0.367. The molecule has 0 bridgehead atoms. The van der Waals surface area contributed by atoms with E-state index in [0.717, 1.165) is 39.6 Å². The predicted octanol–water partition coefficient (Wildman–Crippen LogP) is 6.31. The molecule has 7 heteroatoms. The molecule has 0 fully saturated rings. The number of ether oxygens (including phenoxy) is 1. The summed E-state index contributed by atoms with van der Waals surface area (Å²) in [5.74, 6) is -0.111. The van der Waals surface area contributed by atoms with Crippen molar-refractivity contribution < 1.29 is 19.4 Å². The molecule has 0 heterocycles. The Hall–Kier alpha value is -3.45. The molecule has 0 aromatic heterocycles. The Morgan fingerprint density at radius 2 is 1.73 bits per heavy atom. The number of rotatable bonds is 10. The van der Waals surface area contributed by atoms with Gasteiger partial charge in [-0.05, 0) is 66.6 Å². The van der Waals surface area contributed by atoms with E-state index in [4.69, 9.17) is 9.84 Å². The Morgan fingerprint density at radius 3 is 2.36 bits per heavy atom. The lowest BCUT2D eigenvalue weighted by molar-refractivity contribution is -0.136. The first-order valence-corrected chi connectivity index (χ1v) is 11.6. The zero-order chi connectivity index (χ0) is 23.6. The van der Waals surface area contributed by atoms with Gasteiger partial charge in [0.15, 0.2) is 0 Å². The smallest absolute Gasteiger partial charge is 0.326 e. The lowest BCUT2D eigenvalue weighted by atomic mass is 10.2. The van der Waals surface area contributed by atoms with Crippen LogP contribution in [0.5, 0.6) is 5.75 Å². The van der Waals surface area contributed by atoms with Gasteiger partial charge in [-0.2, -0.15) is 0 Å². The number of benzene rings is 3. The zero-order valence-corrected chi connectivity index (χ0v) is 19.6. The van der Waals surface area contributed by atoms with E-state index in [1.807, 2.05) is 72.8 Å². The van der Waals surface area contributed by atoms with Crippen LogP contribution < -0.4 is 15.0 Å². The first-order chi connectivity index (χ1) is 16.0. The molecule has 0 saturated carbocycles. The monoisotopic (exact) mass is 464 g/mol. The molecule has 3 aromatic rings. The number of methoxy groups -OCH3 is 1. The third-order valence-electron chi connectivity index (χ3n) is 4.97. The molecule has 0 atom stereocenters. The summed E-state index contributed by atoms with van der Waals surface area (Å²) in [6.45, 7) is 2.70. The summed E-state index contributed by atoms with van der Waals surface area (Å²) in [5.41, 5.74) is 2.29. The fourth-order valence-electron chi connectivity index (χ4n) is 3.23. The summed E-state index contributed by atoms with van der Waals surface area (Å²) in [5, 5.41) is 11.9. The van der Waals surface area contributed by atoms with Crippen molar-refractivity contribution in [1.29, 1.82) is 0 Å². The molecular formula is C26H28N2O4S. The van der Waals surface area contributed by atoms with Crippen LogP contribution in [0.2, 0.25) is 0 Å². The minimum absolute atomic E-state index is 0.0100. The molecule has 3 rings (SSSR count). The number of unbranched alkanes of at least 4 members (excludes halogenated alkanes) is 1. The summed E-state index contributed by atoms with van der Waals surface area (Å²) < 4.78 is 5.18. The van der Waals surface area contributed by atoms with Crippen LogP contribution in [0.4, 0.5) is 16.2 Å². The average Bonchev–Trinajstić information content (AvgIpc) is 2.81. The number of carboxylic acids is 1. The highest BCUT2D eigenvalue weighted by Gasteiger charge is 2.16. The maximum atomic E-state index is 13.1. The number of aliphatic carboxylic acids is 1. The number of hydrogen-bond donors (Lipinski definition) is 2. The average molecular weight is 465 g/mol. The van der Waals surface area contributed by atoms with Gasteiger partial charge in [0, 0.05) is 27.7 Å². The maximum absolute atomic E-state index is 13.1. The number of carboxylic acid groups (broad SMARTS) is 1. The van der Waals surface area contributed by atoms with E-state index >= 15 is 0 Å². The largest absolute Gasteiger partial charge is 0.497 e. The highest BCUT2D eigenvalue weighted by molar-refractivity contribution is 7.99. The van der Waals surface area contributed by atoms with Crippen LogP contribution in [-0.2, 0) is 11.2 Å². The van der Waals surface area contributed by atoms with Crippen molar-refractivity contribution in [1.82, 2.24) is 0 Å². The second kappa shape index (κ2) is 12.0. The number of carbonyl (C=O) groups excluding carboxylic acids is 1. The molecule has 2 N–H and O–H groups in total. The summed E-state index contributed by atoms with van der Waals surface area (Å²) in [6, 6.07) is 22.4. The molecule has 0 aliphatic rings. The Labute approximate surface area is 198 Å². The molecule has 33 heavy (non-hydrogen) atoms. The Morgan fingerprint density at radius 1 is 1.00 bits per heavy atom. The Bertz CT molecular complexity index is 1070. The lowest BCUT2D eigenvalue weighted by Crippen LogP contribution is -2.35. The van der Waals surface area contributed by atoms with Crippen molar-refractivity contribution >= 4 is 35.1 Å². The van der Waals surface area contributed by atoms with E-state index in [-0.39, 0.29) is 12.5 Å². The van der Waals surface area contributed by atoms with Gasteiger partial charge in [0.1, 0.15) is 5.75 Å². The second-order valence-electron chi connectivity index (χ2n) is 7.48. The van der Waals surface area contributed by atoms with Crippen molar-refractivity contribution in [2.75, 3.05) is 23.9 Å². The van der Waals surface area contributed by atoms with Gasteiger partial charge in [-0.3, -0.25) is 9.69 Å². The summed E-state index contributed by atoms with van der Waals surface area (Å²) in [4.78, 5) is 27.7. The normalized spacial score (nSPS) is 10.5. The third-order valence-corrected chi connectivity index (χ3v) is 5.96. The van der Waals surface area contributed by atoms with E-state index in [0.29, 0.717) is 12.2 Å². The first kappa shape index (κ1) is 24.2. The molecule has 6 nitrogen and oxygen atoms in total. The number of nitrogens with one attached hydrogen (secondary N) is 1. The molecule has 0 aliphatic carbocycles. The number of urea groups is 1. The van der Waals surface area contributed by atoms with E-state index in [1.165, 1.54) is 0 Å². The fourth-order valence-corrected chi connectivity index (χ4v) is 4.10. The van der Waals surface area contributed by atoms with Crippen LogP contribution in [0.25, 0.3) is 0 Å². The van der Waals surface area contributed by atoms with E-state index in [9.17, 15) is 9.59 Å². The summed E-state index contributed by atoms with van der Waals surface area (Å²) in [7, 11) is 1.61. The highest BCUT2D eigenvalue weighted by Crippen LogP contribution is 2.31. The molecule has 0 aliphatic heterocycles. The second-order valence-corrected chi connectivity index (χ2v) is 8.62. The van der Waals surface area contributed by atoms with Crippen molar-refractivity contribution in [3.63, 3.8) is 0 Å². The van der Waals surface area contributed by atoms with Gasteiger partial charge in [-0.1, -0.05) is 43.3 Å². The van der Waals surface area contributed by atoms with Crippen molar-refractivity contribution in [3.8, 4) is 5.75 Å². The highest BCUT2D eigenvalue weighted by atomic mass is 32.2. The fraction of sp³-hybridized carbons (Fsp3) is 0.231. The number of carbonyl (C=O) groups is 2. The van der Waals surface area contributed by atoms with Gasteiger partial charge >= 0.3 is 12.0 Å². The first-order valence-electron chi connectivity index (χ1n) is 10.8. The maximum Gasteiger partial charge on any atom is 0.326 e. The van der Waals surface area contributed by atoms with Gasteiger partial charge in [0.2, 0.25) is 0 Å².